The summed E-state index contributed by atoms with van der Waals surface area (Å²) in [4.78, 5) is 23.5. The van der Waals surface area contributed by atoms with Crippen molar-refractivity contribution >= 4 is 23.3 Å². The van der Waals surface area contributed by atoms with Crippen LogP contribution in [0.5, 0.6) is 5.75 Å². The molecule has 0 aliphatic rings. The van der Waals surface area contributed by atoms with Crippen LogP contribution >= 0.6 is 11.6 Å². The molecule has 0 spiro atoms. The van der Waals surface area contributed by atoms with E-state index in [9.17, 15) is 9.59 Å². The lowest BCUT2D eigenvalue weighted by Crippen LogP contribution is -2.33. The van der Waals surface area contributed by atoms with Gasteiger partial charge in [-0.3, -0.25) is 9.59 Å². The van der Waals surface area contributed by atoms with Gasteiger partial charge >= 0.3 is 0 Å². The van der Waals surface area contributed by atoms with Crippen molar-refractivity contribution in [3.63, 3.8) is 0 Å². The van der Waals surface area contributed by atoms with Gasteiger partial charge in [-0.15, -0.1) is 0 Å². The fraction of sp³-hybridized carbons (Fsp3) is 0.333. The molecule has 0 saturated heterocycles. The number of Topliss-reactive ketones (excluding diaryl/α,β-unsaturated/α-hetero) is 1. The number of hydrogen-bond acceptors (Lipinski definition) is 4. The van der Waals surface area contributed by atoms with Gasteiger partial charge in [0, 0.05) is 18.7 Å². The van der Waals surface area contributed by atoms with Crippen LogP contribution in [0.3, 0.4) is 0 Å². The number of rotatable bonds is 6. The maximum absolute atomic E-state index is 11.9. The maximum Gasteiger partial charge on any atom is 0.292 e. The Labute approximate surface area is 110 Å². The summed E-state index contributed by atoms with van der Waals surface area (Å²) < 4.78 is 9.78. The first kappa shape index (κ1) is 14.5. The van der Waals surface area contributed by atoms with Gasteiger partial charge in [-0.05, 0) is 18.2 Å². The van der Waals surface area contributed by atoms with Crippen LogP contribution in [0.2, 0.25) is 5.02 Å². The molecule has 5 nitrogen and oxygen atoms in total. The molecule has 0 fully saturated rings. The number of carbonyl (C=O) groups excluding carboxylic acids is 2. The van der Waals surface area contributed by atoms with Crippen molar-refractivity contribution in [2.24, 2.45) is 0 Å². The van der Waals surface area contributed by atoms with Crippen LogP contribution in [0.15, 0.2) is 18.2 Å². The normalized spacial score (nSPS) is 9.94. The van der Waals surface area contributed by atoms with E-state index in [0.717, 1.165) is 0 Å². The molecule has 0 atom stereocenters. The second kappa shape index (κ2) is 6.98. The van der Waals surface area contributed by atoms with Gasteiger partial charge in [0.1, 0.15) is 5.75 Å². The van der Waals surface area contributed by atoms with Crippen molar-refractivity contribution in [3.05, 3.63) is 28.8 Å². The van der Waals surface area contributed by atoms with Crippen molar-refractivity contribution in [2.45, 2.75) is 0 Å². The maximum atomic E-state index is 11.9. The summed E-state index contributed by atoms with van der Waals surface area (Å²) >= 11 is 5.79. The highest BCUT2D eigenvalue weighted by molar-refractivity contribution is 6.44. The van der Waals surface area contributed by atoms with Gasteiger partial charge in [0.25, 0.3) is 11.7 Å². The Morgan fingerprint density at radius 3 is 2.67 bits per heavy atom. The van der Waals surface area contributed by atoms with Gasteiger partial charge in [0.2, 0.25) is 0 Å². The number of ketones is 1. The first-order chi connectivity index (χ1) is 8.60. The van der Waals surface area contributed by atoms with Crippen molar-refractivity contribution < 1.29 is 19.1 Å². The van der Waals surface area contributed by atoms with E-state index in [2.05, 4.69) is 5.32 Å². The van der Waals surface area contributed by atoms with Crippen LogP contribution in [0.25, 0.3) is 0 Å². The second-order valence-electron chi connectivity index (χ2n) is 3.42. The van der Waals surface area contributed by atoms with Crippen LogP contribution in [-0.2, 0) is 9.53 Å². The molecule has 1 amide bonds. The number of carbonyl (C=O) groups is 2. The molecule has 98 valence electrons. The molecular formula is C12H14ClNO4. The van der Waals surface area contributed by atoms with E-state index in [-0.39, 0.29) is 12.1 Å². The molecule has 6 heteroatoms. The molecule has 18 heavy (non-hydrogen) atoms. The quantitative estimate of drug-likeness (QED) is 0.481. The molecular weight excluding hydrogens is 258 g/mol. The minimum Gasteiger partial charge on any atom is -0.496 e. The lowest BCUT2D eigenvalue weighted by atomic mass is 10.1. The van der Waals surface area contributed by atoms with E-state index in [4.69, 9.17) is 21.1 Å². The third kappa shape index (κ3) is 3.72. The summed E-state index contributed by atoms with van der Waals surface area (Å²) in [5, 5.41) is 2.81. The molecule has 0 aromatic heterocycles. The van der Waals surface area contributed by atoms with Gasteiger partial charge in [-0.25, -0.2) is 0 Å². The smallest absolute Gasteiger partial charge is 0.292 e. The Balaban J connectivity index is 2.82. The molecule has 0 aliphatic carbocycles. The molecule has 0 saturated carbocycles. The predicted molar refractivity (Wildman–Crippen MR) is 67.2 cm³/mol. The molecule has 1 rings (SSSR count). The standard InChI is InChI=1S/C12H14ClNO4/c1-17-6-5-14-12(16)11(15)9-7-8(13)3-4-10(9)18-2/h3-4,7H,5-6H2,1-2H3,(H,14,16). The summed E-state index contributed by atoms with van der Waals surface area (Å²) in [7, 11) is 2.93. The molecule has 0 heterocycles. The Morgan fingerprint density at radius 2 is 2.06 bits per heavy atom. The largest absolute Gasteiger partial charge is 0.496 e. The highest BCUT2D eigenvalue weighted by atomic mass is 35.5. The molecule has 1 aromatic rings. The van der Waals surface area contributed by atoms with Crippen LogP contribution < -0.4 is 10.1 Å². The first-order valence-corrected chi connectivity index (χ1v) is 5.63. The highest BCUT2D eigenvalue weighted by Crippen LogP contribution is 2.22. The second-order valence-corrected chi connectivity index (χ2v) is 3.86. The number of benzene rings is 1. The molecule has 0 aliphatic heterocycles. The van der Waals surface area contributed by atoms with Gasteiger partial charge < -0.3 is 14.8 Å². The zero-order chi connectivity index (χ0) is 13.5. The van der Waals surface area contributed by atoms with Crippen molar-refractivity contribution in [1.82, 2.24) is 5.32 Å². The summed E-state index contributed by atoms with van der Waals surface area (Å²) in [6.07, 6.45) is 0. The molecule has 1 aromatic carbocycles. The van der Waals surface area contributed by atoms with E-state index in [1.54, 1.807) is 6.07 Å². The number of nitrogens with one attached hydrogen (secondary N) is 1. The minimum absolute atomic E-state index is 0.139. The van der Waals surface area contributed by atoms with E-state index < -0.39 is 11.7 Å². The van der Waals surface area contributed by atoms with Crippen molar-refractivity contribution in [3.8, 4) is 5.75 Å². The van der Waals surface area contributed by atoms with Gasteiger partial charge in [-0.1, -0.05) is 11.6 Å². The molecule has 0 unspecified atom stereocenters. The predicted octanol–water partition coefficient (Wildman–Crippen LogP) is 1.29. The zero-order valence-electron chi connectivity index (χ0n) is 10.2. The van der Waals surface area contributed by atoms with Crippen molar-refractivity contribution in [2.75, 3.05) is 27.4 Å². The van der Waals surface area contributed by atoms with Crippen LogP contribution in [0.4, 0.5) is 0 Å². The van der Waals surface area contributed by atoms with Crippen LogP contribution in [0.1, 0.15) is 10.4 Å². The summed E-state index contributed by atoms with van der Waals surface area (Å²) in [5.74, 6) is -1.09. The van der Waals surface area contributed by atoms with Crippen molar-refractivity contribution in [1.29, 1.82) is 0 Å². The van der Waals surface area contributed by atoms with Gasteiger partial charge in [-0.2, -0.15) is 0 Å². The highest BCUT2D eigenvalue weighted by Gasteiger charge is 2.20. The number of hydrogen-bond donors (Lipinski definition) is 1. The number of amides is 1. The lowest BCUT2D eigenvalue weighted by molar-refractivity contribution is -0.117. The Morgan fingerprint density at radius 1 is 1.33 bits per heavy atom. The average molecular weight is 272 g/mol. The first-order valence-electron chi connectivity index (χ1n) is 5.25. The van der Waals surface area contributed by atoms with Crippen LogP contribution in [0, 0.1) is 0 Å². The summed E-state index contributed by atoms with van der Waals surface area (Å²) in [6.45, 7) is 0.607. The van der Waals surface area contributed by atoms with Crippen LogP contribution in [-0.4, -0.2) is 39.1 Å². The summed E-state index contributed by atoms with van der Waals surface area (Å²) in [5.41, 5.74) is 0.139. The lowest BCUT2D eigenvalue weighted by Gasteiger charge is -2.08. The van der Waals surface area contributed by atoms with Gasteiger partial charge in [0.15, 0.2) is 0 Å². The summed E-state index contributed by atoms with van der Waals surface area (Å²) in [6, 6.07) is 4.52. The van der Waals surface area contributed by atoms with E-state index in [0.29, 0.717) is 17.4 Å². The fourth-order valence-corrected chi connectivity index (χ4v) is 1.50. The average Bonchev–Trinajstić information content (AvgIpc) is 2.38. The molecule has 1 N–H and O–H groups in total. The molecule has 0 radical (unpaired) electrons. The Bertz CT molecular complexity index is 448. The van der Waals surface area contributed by atoms with Gasteiger partial charge in [0.05, 0.1) is 19.3 Å². The SMILES string of the molecule is COCCNC(=O)C(=O)c1cc(Cl)ccc1OC. The number of ether oxygens (including phenoxy) is 2. The third-order valence-electron chi connectivity index (χ3n) is 2.20. The monoisotopic (exact) mass is 271 g/mol. The molecule has 0 bridgehead atoms. The van der Waals surface area contributed by atoms with E-state index in [1.807, 2.05) is 0 Å². The number of methoxy groups -OCH3 is 2. The van der Waals surface area contributed by atoms with E-state index in [1.165, 1.54) is 26.4 Å². The zero-order valence-corrected chi connectivity index (χ0v) is 10.9. The fourth-order valence-electron chi connectivity index (χ4n) is 1.33. The topological polar surface area (TPSA) is 64.6 Å². The Kier molecular flexibility index (Phi) is 5.61. The minimum atomic E-state index is -0.715. The Hall–Kier alpha value is -1.59. The number of halogens is 1. The third-order valence-corrected chi connectivity index (χ3v) is 2.44. The van der Waals surface area contributed by atoms with E-state index >= 15 is 0 Å².